The van der Waals surface area contributed by atoms with Gasteiger partial charge in [0.05, 0.1) is 30.2 Å². The Kier molecular flexibility index (Phi) is 8.14. The van der Waals surface area contributed by atoms with Gasteiger partial charge in [0.2, 0.25) is 11.8 Å². The number of para-hydroxylation sites is 1. The molecule has 3 rings (SSSR count). The summed E-state index contributed by atoms with van der Waals surface area (Å²) in [4.78, 5) is 24.4. The number of rotatable bonds is 9. The van der Waals surface area contributed by atoms with E-state index in [0.717, 1.165) is 16.7 Å². The van der Waals surface area contributed by atoms with Crippen molar-refractivity contribution in [3.8, 4) is 5.75 Å². The lowest BCUT2D eigenvalue weighted by Crippen LogP contribution is -2.29. The quantitative estimate of drug-likeness (QED) is 0.409. The summed E-state index contributed by atoms with van der Waals surface area (Å²) in [5.74, 6) is 0.0790. The highest BCUT2D eigenvalue weighted by atomic mass is 32.2. The van der Waals surface area contributed by atoms with E-state index in [9.17, 15) is 18.0 Å². The Bertz CT molecular complexity index is 1280. The molecule has 0 aliphatic carbocycles. The predicted molar refractivity (Wildman–Crippen MR) is 136 cm³/mol. The van der Waals surface area contributed by atoms with Crippen LogP contribution < -0.4 is 20.1 Å². The Morgan fingerprint density at radius 2 is 1.51 bits per heavy atom. The minimum absolute atomic E-state index is 0.0000747. The van der Waals surface area contributed by atoms with Gasteiger partial charge in [0.15, 0.2) is 0 Å². The zero-order valence-electron chi connectivity index (χ0n) is 20.1. The van der Waals surface area contributed by atoms with Crippen LogP contribution in [0.5, 0.6) is 5.75 Å². The zero-order valence-corrected chi connectivity index (χ0v) is 20.9. The van der Waals surface area contributed by atoms with Crippen LogP contribution >= 0.6 is 0 Å². The summed E-state index contributed by atoms with van der Waals surface area (Å²) in [7, 11) is -2.24. The number of methoxy groups -OCH3 is 1. The van der Waals surface area contributed by atoms with Crippen molar-refractivity contribution in [1.82, 2.24) is 5.32 Å². The smallest absolute Gasteiger partial charge is 0.261 e. The lowest BCUT2D eigenvalue weighted by atomic mass is 10.0. The maximum atomic E-state index is 12.8. The maximum absolute atomic E-state index is 12.8. The molecule has 1 atom stereocenters. The number of anilines is 2. The van der Waals surface area contributed by atoms with E-state index in [-0.39, 0.29) is 23.1 Å². The number of ether oxygens (including phenoxy) is 1. The first-order valence-electron chi connectivity index (χ1n) is 11.0. The molecule has 9 heteroatoms. The fraction of sp³-hybridized carbons (Fsp3) is 0.231. The third-order valence-corrected chi connectivity index (χ3v) is 6.82. The van der Waals surface area contributed by atoms with Gasteiger partial charge in [0.1, 0.15) is 5.75 Å². The monoisotopic (exact) mass is 495 g/mol. The number of hydrogen-bond donors (Lipinski definition) is 3. The van der Waals surface area contributed by atoms with Gasteiger partial charge < -0.3 is 15.4 Å². The molecule has 0 heterocycles. The van der Waals surface area contributed by atoms with Gasteiger partial charge in [-0.3, -0.25) is 14.3 Å². The highest BCUT2D eigenvalue weighted by Gasteiger charge is 2.19. The molecule has 8 nitrogen and oxygen atoms in total. The molecule has 3 aromatic carbocycles. The van der Waals surface area contributed by atoms with Crippen molar-refractivity contribution in [2.75, 3.05) is 17.1 Å². The van der Waals surface area contributed by atoms with E-state index in [1.54, 1.807) is 31.4 Å². The van der Waals surface area contributed by atoms with Crippen LogP contribution in [0.1, 0.15) is 36.1 Å². The lowest BCUT2D eigenvalue weighted by molar-refractivity contribution is -0.120. The molecule has 0 saturated heterocycles. The van der Waals surface area contributed by atoms with Crippen molar-refractivity contribution in [1.29, 1.82) is 0 Å². The average molecular weight is 496 g/mol. The van der Waals surface area contributed by atoms with Crippen molar-refractivity contribution >= 4 is 33.2 Å². The van der Waals surface area contributed by atoms with Crippen LogP contribution in [0.15, 0.2) is 71.6 Å². The number of amides is 2. The average Bonchev–Trinajstić information content (AvgIpc) is 2.81. The van der Waals surface area contributed by atoms with Gasteiger partial charge >= 0.3 is 0 Å². The molecule has 0 saturated carbocycles. The third kappa shape index (κ3) is 6.83. The van der Waals surface area contributed by atoms with E-state index in [1.165, 1.54) is 31.2 Å². The first kappa shape index (κ1) is 25.8. The van der Waals surface area contributed by atoms with Crippen LogP contribution in [0.25, 0.3) is 0 Å². The van der Waals surface area contributed by atoms with Crippen LogP contribution in [0.3, 0.4) is 0 Å². The van der Waals surface area contributed by atoms with Gasteiger partial charge in [-0.25, -0.2) is 8.42 Å². The molecule has 184 valence electrons. The number of benzene rings is 3. The molecule has 35 heavy (non-hydrogen) atoms. The van der Waals surface area contributed by atoms with Crippen LogP contribution in [-0.4, -0.2) is 27.3 Å². The molecule has 3 N–H and O–H groups in total. The lowest BCUT2D eigenvalue weighted by Gasteiger charge is -2.18. The number of carbonyl (C=O) groups excluding carboxylic acids is 2. The highest BCUT2D eigenvalue weighted by molar-refractivity contribution is 7.92. The minimum atomic E-state index is -3.80. The first-order chi connectivity index (χ1) is 16.6. The summed E-state index contributed by atoms with van der Waals surface area (Å²) < 4.78 is 33.5. The number of aryl methyl sites for hydroxylation is 2. The van der Waals surface area contributed by atoms with E-state index in [2.05, 4.69) is 15.4 Å². The van der Waals surface area contributed by atoms with Crippen LogP contribution in [0.2, 0.25) is 0 Å². The molecular formula is C26H29N3O5S. The highest BCUT2D eigenvalue weighted by Crippen LogP contribution is 2.25. The molecule has 0 aliphatic rings. The van der Waals surface area contributed by atoms with E-state index in [4.69, 9.17) is 4.74 Å². The summed E-state index contributed by atoms with van der Waals surface area (Å²) >= 11 is 0. The molecule has 1 unspecified atom stereocenters. The van der Waals surface area contributed by atoms with Crippen molar-refractivity contribution in [2.24, 2.45) is 0 Å². The largest absolute Gasteiger partial charge is 0.497 e. The molecule has 0 spiro atoms. The Morgan fingerprint density at radius 1 is 0.914 bits per heavy atom. The molecule has 2 amide bonds. The van der Waals surface area contributed by atoms with Gasteiger partial charge in [-0.15, -0.1) is 0 Å². The van der Waals surface area contributed by atoms with E-state index >= 15 is 0 Å². The molecule has 3 aromatic rings. The maximum Gasteiger partial charge on any atom is 0.261 e. The Hall–Kier alpha value is -3.85. The first-order valence-corrected chi connectivity index (χ1v) is 12.5. The summed E-state index contributed by atoms with van der Waals surface area (Å²) in [5.41, 5.74) is 3.39. The number of sulfonamides is 1. The summed E-state index contributed by atoms with van der Waals surface area (Å²) in [6.45, 7) is 5.06. The SMILES string of the molecule is COc1ccc(C(CC(=O)Nc2ccc(S(=O)(=O)Nc3c(C)cccc3C)cc2)NC(C)=O)cc1. The van der Waals surface area contributed by atoms with Crippen LogP contribution in [-0.2, 0) is 19.6 Å². The van der Waals surface area contributed by atoms with Crippen molar-refractivity contribution < 1.29 is 22.7 Å². The molecular weight excluding hydrogens is 466 g/mol. The number of carbonyl (C=O) groups is 2. The van der Waals surface area contributed by atoms with Crippen LogP contribution in [0, 0.1) is 13.8 Å². The van der Waals surface area contributed by atoms with Gasteiger partial charge in [0.25, 0.3) is 10.0 Å². The Labute approximate surface area is 205 Å². The normalized spacial score (nSPS) is 11.9. The van der Waals surface area contributed by atoms with Crippen molar-refractivity contribution in [3.05, 3.63) is 83.4 Å². The zero-order chi connectivity index (χ0) is 25.6. The fourth-order valence-corrected chi connectivity index (χ4v) is 4.82. The minimum Gasteiger partial charge on any atom is -0.497 e. The van der Waals surface area contributed by atoms with E-state index in [1.807, 2.05) is 32.0 Å². The number of hydrogen-bond acceptors (Lipinski definition) is 5. The summed E-state index contributed by atoms with van der Waals surface area (Å²) in [5, 5.41) is 5.54. The standard InChI is InChI=1S/C26H29N3O5S/c1-17-6-5-7-18(2)26(17)29-35(32,33)23-14-10-21(11-15-23)28-25(31)16-24(27-19(3)30)20-8-12-22(34-4)13-9-20/h5-15,24,29H,16H2,1-4H3,(H,27,30)(H,28,31). The Balaban J connectivity index is 1.69. The van der Waals surface area contributed by atoms with E-state index < -0.39 is 16.1 Å². The fourth-order valence-electron chi connectivity index (χ4n) is 3.62. The van der Waals surface area contributed by atoms with Gasteiger partial charge in [-0.2, -0.15) is 0 Å². The van der Waals surface area contributed by atoms with Gasteiger partial charge in [-0.1, -0.05) is 30.3 Å². The molecule has 0 bridgehead atoms. The third-order valence-electron chi connectivity index (χ3n) is 5.45. The van der Waals surface area contributed by atoms with Gasteiger partial charge in [-0.05, 0) is 66.9 Å². The Morgan fingerprint density at radius 3 is 2.06 bits per heavy atom. The second-order valence-electron chi connectivity index (χ2n) is 8.18. The topological polar surface area (TPSA) is 114 Å². The van der Waals surface area contributed by atoms with Gasteiger partial charge in [0, 0.05) is 12.6 Å². The summed E-state index contributed by atoms with van der Waals surface area (Å²) in [6.07, 6.45) is 0.0000747. The molecule has 0 aliphatic heterocycles. The number of nitrogens with one attached hydrogen (secondary N) is 3. The van der Waals surface area contributed by atoms with Crippen molar-refractivity contribution in [2.45, 2.75) is 38.1 Å². The molecule has 0 aromatic heterocycles. The molecule has 0 radical (unpaired) electrons. The second-order valence-corrected chi connectivity index (χ2v) is 9.86. The van der Waals surface area contributed by atoms with Crippen molar-refractivity contribution in [3.63, 3.8) is 0 Å². The van der Waals surface area contributed by atoms with Crippen LogP contribution in [0.4, 0.5) is 11.4 Å². The van der Waals surface area contributed by atoms with E-state index in [0.29, 0.717) is 17.1 Å². The second kappa shape index (κ2) is 11.1. The predicted octanol–water partition coefficient (Wildman–Crippen LogP) is 4.32. The summed E-state index contributed by atoms with van der Waals surface area (Å²) in [6, 6.07) is 18.0. The molecule has 0 fully saturated rings.